The van der Waals surface area contributed by atoms with Crippen molar-refractivity contribution < 1.29 is 22.4 Å². The number of anilines is 1. The number of hydrogen-bond donors (Lipinski definition) is 0. The van der Waals surface area contributed by atoms with Gasteiger partial charge in [0.25, 0.3) is 0 Å². The highest BCUT2D eigenvalue weighted by Gasteiger charge is 2.31. The van der Waals surface area contributed by atoms with Gasteiger partial charge >= 0.3 is 0 Å². The predicted molar refractivity (Wildman–Crippen MR) is 150 cm³/mol. The third kappa shape index (κ3) is 7.29. The first-order chi connectivity index (χ1) is 18.6. The van der Waals surface area contributed by atoms with E-state index in [2.05, 4.69) is 4.90 Å². The van der Waals surface area contributed by atoms with E-state index in [9.17, 15) is 22.4 Å². The van der Waals surface area contributed by atoms with Crippen molar-refractivity contribution in [2.24, 2.45) is 5.92 Å². The van der Waals surface area contributed by atoms with E-state index in [1.165, 1.54) is 16.4 Å². The van der Waals surface area contributed by atoms with Crippen molar-refractivity contribution in [3.8, 4) is 0 Å². The Hall–Kier alpha value is -2.24. The Bertz CT molecular complexity index is 1280. The van der Waals surface area contributed by atoms with Crippen molar-refractivity contribution in [3.63, 3.8) is 0 Å². The van der Waals surface area contributed by atoms with E-state index in [-0.39, 0.29) is 22.6 Å². The fourth-order valence-corrected chi connectivity index (χ4v) is 6.80. The first-order valence-corrected chi connectivity index (χ1v) is 15.3. The number of rotatable bonds is 8. The maximum absolute atomic E-state index is 13.6. The lowest BCUT2D eigenvalue weighted by Gasteiger charge is -2.35. The summed E-state index contributed by atoms with van der Waals surface area (Å²) in [4.78, 5) is 31.1. The van der Waals surface area contributed by atoms with Crippen LogP contribution in [0.2, 0.25) is 10.0 Å². The number of nitrogens with zero attached hydrogens (tertiary/aromatic N) is 4. The molecule has 0 radical (unpaired) electrons. The Morgan fingerprint density at radius 2 is 1.59 bits per heavy atom. The second-order valence-electron chi connectivity index (χ2n) is 9.92. The largest absolute Gasteiger partial charge is 0.343 e. The Kier molecular flexibility index (Phi) is 9.87. The molecule has 0 bridgehead atoms. The number of carbonyl (C=O) groups excluding carboxylic acids is 2. The van der Waals surface area contributed by atoms with Crippen LogP contribution >= 0.6 is 23.2 Å². The van der Waals surface area contributed by atoms with Crippen LogP contribution in [0.15, 0.2) is 47.4 Å². The molecular formula is C27H33Cl2FN4O4S. The lowest BCUT2D eigenvalue weighted by atomic mass is 9.94. The SMILES string of the molecule is CC(=O)N1CCC(C(=O)N(CCCN2CCN(S(=O)(=O)c3ccc(F)cc3)CC2)c2ccc(Cl)c(Cl)c2)CC1. The lowest BCUT2D eigenvalue weighted by Crippen LogP contribution is -2.49. The van der Waals surface area contributed by atoms with Crippen LogP contribution in [-0.4, -0.2) is 86.7 Å². The maximum atomic E-state index is 13.6. The van der Waals surface area contributed by atoms with Crippen molar-refractivity contribution in [2.75, 3.05) is 57.3 Å². The van der Waals surface area contributed by atoms with Crippen molar-refractivity contribution in [2.45, 2.75) is 31.1 Å². The zero-order valence-electron chi connectivity index (χ0n) is 21.9. The molecule has 2 aromatic rings. The third-order valence-corrected chi connectivity index (χ3v) is 10.1. The Labute approximate surface area is 239 Å². The van der Waals surface area contributed by atoms with Crippen molar-refractivity contribution in [1.29, 1.82) is 0 Å². The lowest BCUT2D eigenvalue weighted by molar-refractivity contribution is -0.133. The van der Waals surface area contributed by atoms with Crippen LogP contribution in [0, 0.1) is 11.7 Å². The molecule has 2 aliphatic rings. The van der Waals surface area contributed by atoms with E-state index in [1.54, 1.807) is 34.9 Å². The normalized spacial score (nSPS) is 17.8. The molecule has 4 rings (SSSR count). The molecule has 2 saturated heterocycles. The molecule has 2 fully saturated rings. The fourth-order valence-electron chi connectivity index (χ4n) is 5.08. The standard InChI is InChI=1S/C27H33Cl2FN4O4S/c1-20(35)32-13-9-21(10-14-32)27(36)34(23-5-8-25(28)26(29)19-23)12-2-11-31-15-17-33(18-16-31)39(37,38)24-6-3-22(30)4-7-24/h3-8,19,21H,2,9-18H2,1H3. The molecule has 0 aromatic heterocycles. The molecule has 0 atom stereocenters. The number of piperidine rings is 1. The summed E-state index contributed by atoms with van der Waals surface area (Å²) in [7, 11) is -3.67. The van der Waals surface area contributed by atoms with Crippen LogP contribution in [0.1, 0.15) is 26.2 Å². The molecule has 0 N–H and O–H groups in total. The van der Waals surface area contributed by atoms with Crippen LogP contribution < -0.4 is 4.90 Å². The fraction of sp³-hybridized carbons (Fsp3) is 0.481. The van der Waals surface area contributed by atoms with Gasteiger partial charge in [0.15, 0.2) is 0 Å². The monoisotopic (exact) mass is 598 g/mol. The summed E-state index contributed by atoms with van der Waals surface area (Å²) in [6.45, 7) is 5.62. The molecule has 39 heavy (non-hydrogen) atoms. The molecule has 0 spiro atoms. The summed E-state index contributed by atoms with van der Waals surface area (Å²) in [5, 5.41) is 0.785. The second kappa shape index (κ2) is 13.0. The maximum Gasteiger partial charge on any atom is 0.243 e. The van der Waals surface area contributed by atoms with Gasteiger partial charge < -0.3 is 14.7 Å². The summed E-state index contributed by atoms with van der Waals surface area (Å²) in [5.74, 6) is -0.636. The quantitative estimate of drug-likeness (QED) is 0.456. The van der Waals surface area contributed by atoms with Gasteiger partial charge in [-0.1, -0.05) is 23.2 Å². The van der Waals surface area contributed by atoms with E-state index >= 15 is 0 Å². The van der Waals surface area contributed by atoms with Crippen molar-refractivity contribution >= 4 is 50.7 Å². The van der Waals surface area contributed by atoms with Crippen LogP contribution in [0.3, 0.4) is 0 Å². The zero-order chi connectivity index (χ0) is 28.2. The predicted octanol–water partition coefficient (Wildman–Crippen LogP) is 4.12. The molecule has 2 aliphatic heterocycles. The van der Waals surface area contributed by atoms with Gasteiger partial charge in [-0.3, -0.25) is 9.59 Å². The molecular weight excluding hydrogens is 566 g/mol. The molecule has 12 heteroatoms. The summed E-state index contributed by atoms with van der Waals surface area (Å²) in [6.07, 6.45) is 1.91. The molecule has 0 aliphatic carbocycles. The minimum atomic E-state index is -3.67. The Morgan fingerprint density at radius 1 is 0.949 bits per heavy atom. The average Bonchev–Trinajstić information content (AvgIpc) is 2.93. The number of benzene rings is 2. The summed E-state index contributed by atoms with van der Waals surface area (Å²) in [5.41, 5.74) is 0.679. The Morgan fingerprint density at radius 3 is 2.18 bits per heavy atom. The zero-order valence-corrected chi connectivity index (χ0v) is 24.2. The van der Waals surface area contributed by atoms with Gasteiger partial charge in [0, 0.05) is 64.3 Å². The molecule has 212 valence electrons. The summed E-state index contributed by atoms with van der Waals surface area (Å²) < 4.78 is 40.4. The van der Waals surface area contributed by atoms with Crippen LogP contribution in [-0.2, 0) is 19.6 Å². The van der Waals surface area contributed by atoms with Gasteiger partial charge in [0.05, 0.1) is 14.9 Å². The van der Waals surface area contributed by atoms with Gasteiger partial charge in [-0.05, 0) is 68.3 Å². The molecule has 2 aromatic carbocycles. The van der Waals surface area contributed by atoms with E-state index in [4.69, 9.17) is 23.2 Å². The first kappa shape index (κ1) is 29.7. The number of halogens is 3. The van der Waals surface area contributed by atoms with Gasteiger partial charge in [-0.15, -0.1) is 0 Å². The van der Waals surface area contributed by atoms with Crippen LogP contribution in [0.25, 0.3) is 0 Å². The molecule has 2 amide bonds. The van der Waals surface area contributed by atoms with Gasteiger partial charge in [-0.2, -0.15) is 4.31 Å². The van der Waals surface area contributed by atoms with Crippen LogP contribution in [0.5, 0.6) is 0 Å². The number of sulfonamides is 1. The van der Waals surface area contributed by atoms with Gasteiger partial charge in [0.1, 0.15) is 5.82 Å². The number of amides is 2. The minimum Gasteiger partial charge on any atom is -0.343 e. The molecule has 8 nitrogen and oxygen atoms in total. The minimum absolute atomic E-state index is 0.00630. The van der Waals surface area contributed by atoms with Gasteiger partial charge in [-0.25, -0.2) is 12.8 Å². The van der Waals surface area contributed by atoms with E-state index in [0.717, 1.165) is 12.1 Å². The molecule has 2 heterocycles. The third-order valence-electron chi connectivity index (χ3n) is 7.41. The highest BCUT2D eigenvalue weighted by Crippen LogP contribution is 2.30. The smallest absolute Gasteiger partial charge is 0.243 e. The van der Waals surface area contributed by atoms with E-state index < -0.39 is 15.8 Å². The highest BCUT2D eigenvalue weighted by molar-refractivity contribution is 7.89. The number of piperazine rings is 1. The van der Waals surface area contributed by atoms with E-state index in [0.29, 0.717) is 87.4 Å². The molecule has 0 saturated carbocycles. The van der Waals surface area contributed by atoms with Crippen molar-refractivity contribution in [1.82, 2.24) is 14.1 Å². The topological polar surface area (TPSA) is 81.2 Å². The number of likely N-dealkylation sites (tertiary alicyclic amines) is 1. The van der Waals surface area contributed by atoms with Crippen molar-refractivity contribution in [3.05, 3.63) is 58.3 Å². The second-order valence-corrected chi connectivity index (χ2v) is 12.7. The number of hydrogen-bond acceptors (Lipinski definition) is 5. The first-order valence-electron chi connectivity index (χ1n) is 13.1. The highest BCUT2D eigenvalue weighted by atomic mass is 35.5. The Balaban J connectivity index is 1.35. The van der Waals surface area contributed by atoms with Gasteiger partial charge in [0.2, 0.25) is 21.8 Å². The summed E-state index contributed by atoms with van der Waals surface area (Å²) in [6, 6.07) is 10.0. The van der Waals surface area contributed by atoms with E-state index in [1.807, 2.05) is 0 Å². The van der Waals surface area contributed by atoms with Crippen LogP contribution in [0.4, 0.5) is 10.1 Å². The average molecular weight is 600 g/mol. The molecule has 0 unspecified atom stereocenters. The number of carbonyl (C=O) groups is 2. The summed E-state index contributed by atoms with van der Waals surface area (Å²) >= 11 is 12.4.